The average molecular weight is 386 g/mol. The van der Waals surface area contributed by atoms with Crippen molar-refractivity contribution in [3.05, 3.63) is 41.7 Å². The van der Waals surface area contributed by atoms with E-state index in [0.717, 1.165) is 42.7 Å². The van der Waals surface area contributed by atoms with Gasteiger partial charge in [0.25, 0.3) is 5.91 Å². The normalized spacial score (nSPS) is 13.2. The fourth-order valence-electron chi connectivity index (χ4n) is 2.95. The zero-order valence-electron chi connectivity index (χ0n) is 16.1. The number of nitrogens with one attached hydrogen (secondary N) is 1. The lowest BCUT2D eigenvalue weighted by Gasteiger charge is -2.22. The predicted octanol–water partition coefficient (Wildman–Crippen LogP) is 2.26. The van der Waals surface area contributed by atoms with Crippen LogP contribution < -0.4 is 4.74 Å². The second-order valence-electron chi connectivity index (χ2n) is 6.93. The van der Waals surface area contributed by atoms with Crippen LogP contribution in [0.4, 0.5) is 0 Å². The number of carbonyl (C=O) groups excluding carboxylic acids is 2. The lowest BCUT2D eigenvalue weighted by molar-refractivity contribution is -0.152. The third-order valence-corrected chi connectivity index (χ3v) is 4.71. The van der Waals surface area contributed by atoms with E-state index >= 15 is 0 Å². The molecule has 0 atom stereocenters. The molecule has 1 aliphatic rings. The number of ether oxygens (including phenoxy) is 2. The molecule has 3 rings (SSSR count). The number of aromatic nitrogens is 3. The van der Waals surface area contributed by atoms with Crippen LogP contribution in [0.2, 0.25) is 0 Å². The van der Waals surface area contributed by atoms with E-state index in [9.17, 15) is 9.59 Å². The standard InChI is InChI=1S/C20H26N4O4/c1-27-18-10-6-15(7-11-18)13-24(17-8-9-17)19(25)14-28-20(26)5-3-2-4-16-12-21-23-22-16/h6-7,10-12,17H,2-5,8-9,13-14H2,1H3,(H,21,22,23). The van der Waals surface area contributed by atoms with E-state index < -0.39 is 0 Å². The number of nitrogens with zero attached hydrogens (tertiary/aromatic N) is 3. The maximum atomic E-state index is 12.5. The summed E-state index contributed by atoms with van der Waals surface area (Å²) in [5, 5.41) is 10.3. The summed E-state index contributed by atoms with van der Waals surface area (Å²) in [6.07, 6.45) is 6.24. The van der Waals surface area contributed by atoms with Crippen molar-refractivity contribution in [2.45, 2.75) is 51.1 Å². The molecule has 1 aromatic heterocycles. The largest absolute Gasteiger partial charge is 0.497 e. The number of H-pyrrole nitrogens is 1. The molecule has 0 aliphatic heterocycles. The number of benzene rings is 1. The van der Waals surface area contributed by atoms with Crippen molar-refractivity contribution in [3.63, 3.8) is 0 Å². The number of hydrogen-bond donors (Lipinski definition) is 1. The second-order valence-corrected chi connectivity index (χ2v) is 6.93. The van der Waals surface area contributed by atoms with E-state index in [1.54, 1.807) is 18.2 Å². The van der Waals surface area contributed by atoms with Gasteiger partial charge < -0.3 is 14.4 Å². The summed E-state index contributed by atoms with van der Waals surface area (Å²) in [6.45, 7) is 0.317. The molecule has 1 amide bonds. The van der Waals surface area contributed by atoms with E-state index in [1.807, 2.05) is 24.3 Å². The fraction of sp³-hybridized carbons (Fsp3) is 0.500. The summed E-state index contributed by atoms with van der Waals surface area (Å²) < 4.78 is 10.4. The Morgan fingerprint density at radius 1 is 1.21 bits per heavy atom. The molecule has 0 unspecified atom stereocenters. The van der Waals surface area contributed by atoms with Gasteiger partial charge in [0.2, 0.25) is 0 Å². The first-order valence-corrected chi connectivity index (χ1v) is 9.58. The molecule has 0 spiro atoms. The molecule has 28 heavy (non-hydrogen) atoms. The van der Waals surface area contributed by atoms with Crippen molar-refractivity contribution < 1.29 is 19.1 Å². The summed E-state index contributed by atoms with van der Waals surface area (Å²) in [6, 6.07) is 7.90. The monoisotopic (exact) mass is 386 g/mol. The van der Waals surface area contributed by atoms with Crippen LogP contribution in [0.1, 0.15) is 43.4 Å². The van der Waals surface area contributed by atoms with Crippen LogP contribution in [0.5, 0.6) is 5.75 Å². The molecule has 2 aromatic rings. The summed E-state index contributed by atoms with van der Waals surface area (Å²) in [5.41, 5.74) is 1.90. The minimum Gasteiger partial charge on any atom is -0.497 e. The quantitative estimate of drug-likeness (QED) is 0.470. The first-order chi connectivity index (χ1) is 13.7. The van der Waals surface area contributed by atoms with Gasteiger partial charge in [-0.05, 0) is 49.8 Å². The van der Waals surface area contributed by atoms with E-state index in [1.165, 1.54) is 0 Å². The lowest BCUT2D eigenvalue weighted by Crippen LogP contribution is -2.36. The highest BCUT2D eigenvalue weighted by molar-refractivity contribution is 5.81. The van der Waals surface area contributed by atoms with Gasteiger partial charge in [-0.3, -0.25) is 9.59 Å². The molecule has 0 saturated heterocycles. The number of esters is 1. The number of hydrogen-bond acceptors (Lipinski definition) is 6. The number of amides is 1. The van der Waals surface area contributed by atoms with Crippen LogP contribution >= 0.6 is 0 Å². The Hall–Kier alpha value is -2.90. The van der Waals surface area contributed by atoms with Crippen molar-refractivity contribution in [2.24, 2.45) is 0 Å². The molecular weight excluding hydrogens is 360 g/mol. The van der Waals surface area contributed by atoms with Gasteiger partial charge in [0, 0.05) is 19.0 Å². The molecule has 1 aromatic carbocycles. The smallest absolute Gasteiger partial charge is 0.306 e. The number of unbranched alkanes of at least 4 members (excludes halogenated alkanes) is 1. The van der Waals surface area contributed by atoms with Crippen LogP contribution in [0.3, 0.4) is 0 Å². The first kappa shape index (κ1) is 19.9. The second kappa shape index (κ2) is 9.87. The Morgan fingerprint density at radius 2 is 2.00 bits per heavy atom. The third-order valence-electron chi connectivity index (χ3n) is 4.71. The molecule has 0 radical (unpaired) electrons. The topological polar surface area (TPSA) is 97.4 Å². The Labute approximate surface area is 164 Å². The number of aryl methyl sites for hydroxylation is 1. The average Bonchev–Trinajstić information content (AvgIpc) is 3.43. The molecule has 1 saturated carbocycles. The molecule has 0 bridgehead atoms. The van der Waals surface area contributed by atoms with E-state index in [2.05, 4.69) is 15.4 Å². The highest BCUT2D eigenvalue weighted by Crippen LogP contribution is 2.28. The van der Waals surface area contributed by atoms with Crippen LogP contribution in [-0.4, -0.2) is 51.9 Å². The maximum absolute atomic E-state index is 12.5. The lowest BCUT2D eigenvalue weighted by atomic mass is 10.1. The Morgan fingerprint density at radius 3 is 2.64 bits per heavy atom. The summed E-state index contributed by atoms with van der Waals surface area (Å²) >= 11 is 0. The van der Waals surface area contributed by atoms with Gasteiger partial charge >= 0.3 is 5.97 Å². The van der Waals surface area contributed by atoms with E-state index in [0.29, 0.717) is 19.4 Å². The summed E-state index contributed by atoms with van der Waals surface area (Å²) in [4.78, 5) is 26.3. The molecule has 8 nitrogen and oxygen atoms in total. The van der Waals surface area contributed by atoms with Crippen molar-refractivity contribution in [2.75, 3.05) is 13.7 Å². The summed E-state index contributed by atoms with van der Waals surface area (Å²) in [7, 11) is 1.62. The Balaban J connectivity index is 1.39. The van der Waals surface area contributed by atoms with Gasteiger partial charge in [-0.1, -0.05) is 12.1 Å². The van der Waals surface area contributed by atoms with E-state index in [-0.39, 0.29) is 24.5 Å². The van der Waals surface area contributed by atoms with Crippen LogP contribution in [0.15, 0.2) is 30.5 Å². The van der Waals surface area contributed by atoms with Crippen LogP contribution in [-0.2, 0) is 27.3 Å². The molecule has 1 N–H and O–H groups in total. The number of carbonyl (C=O) groups is 2. The fourth-order valence-corrected chi connectivity index (χ4v) is 2.95. The zero-order chi connectivity index (χ0) is 19.8. The molecule has 150 valence electrons. The highest BCUT2D eigenvalue weighted by Gasteiger charge is 2.32. The Bertz CT molecular complexity index is 757. The minimum atomic E-state index is -0.339. The van der Waals surface area contributed by atoms with Gasteiger partial charge in [-0.15, -0.1) is 0 Å². The van der Waals surface area contributed by atoms with Crippen molar-refractivity contribution >= 4 is 11.9 Å². The maximum Gasteiger partial charge on any atom is 0.306 e. The van der Waals surface area contributed by atoms with Gasteiger partial charge in [0.05, 0.1) is 19.0 Å². The third kappa shape index (κ3) is 6.07. The van der Waals surface area contributed by atoms with Gasteiger partial charge in [0.15, 0.2) is 6.61 Å². The zero-order valence-corrected chi connectivity index (χ0v) is 16.1. The number of rotatable bonds is 11. The molecule has 1 heterocycles. The van der Waals surface area contributed by atoms with Gasteiger partial charge in [-0.25, -0.2) is 0 Å². The molecule has 8 heteroatoms. The minimum absolute atomic E-state index is 0.144. The van der Waals surface area contributed by atoms with E-state index in [4.69, 9.17) is 9.47 Å². The van der Waals surface area contributed by atoms with Gasteiger partial charge in [0.1, 0.15) is 5.75 Å². The number of aromatic amines is 1. The van der Waals surface area contributed by atoms with Crippen LogP contribution in [0, 0.1) is 0 Å². The highest BCUT2D eigenvalue weighted by atomic mass is 16.5. The van der Waals surface area contributed by atoms with Crippen molar-refractivity contribution in [1.82, 2.24) is 20.3 Å². The molecule has 1 fully saturated rings. The van der Waals surface area contributed by atoms with Crippen molar-refractivity contribution in [3.8, 4) is 5.75 Å². The molecular formula is C20H26N4O4. The molecule has 1 aliphatic carbocycles. The van der Waals surface area contributed by atoms with Crippen molar-refractivity contribution in [1.29, 1.82) is 0 Å². The SMILES string of the molecule is COc1ccc(CN(C(=O)COC(=O)CCCCc2cn[nH]n2)C2CC2)cc1. The first-order valence-electron chi connectivity index (χ1n) is 9.58. The number of methoxy groups -OCH3 is 1. The van der Waals surface area contributed by atoms with Gasteiger partial charge in [-0.2, -0.15) is 15.4 Å². The predicted molar refractivity (Wildman–Crippen MR) is 101 cm³/mol. The van der Waals surface area contributed by atoms with Crippen LogP contribution in [0.25, 0.3) is 0 Å². The summed E-state index contributed by atoms with van der Waals surface area (Å²) in [5.74, 6) is 0.300. The Kier molecular flexibility index (Phi) is 7.00.